The molecule has 0 N–H and O–H groups in total. The molecule has 2 heteroatoms. The highest BCUT2D eigenvalue weighted by molar-refractivity contribution is 5.76. The van der Waals surface area contributed by atoms with E-state index in [1.54, 1.807) is 0 Å². The van der Waals surface area contributed by atoms with Crippen molar-refractivity contribution < 1.29 is 9.47 Å². The molecule has 6 aromatic carbocycles. The average Bonchev–Trinajstić information content (AvgIpc) is 3.49. The summed E-state index contributed by atoms with van der Waals surface area (Å²) in [6, 6.07) is 55.2. The van der Waals surface area contributed by atoms with Crippen molar-refractivity contribution >= 4 is 0 Å². The first-order chi connectivity index (χ1) is 19.8. The number of hydrogen-bond donors (Lipinski definition) is 0. The lowest BCUT2D eigenvalue weighted by molar-refractivity contribution is -0.119. The molecule has 0 saturated carbocycles. The fourth-order valence-corrected chi connectivity index (χ4v) is 6.62. The number of fused-ring (bicyclic) bond motifs is 5. The van der Waals surface area contributed by atoms with Gasteiger partial charge in [0.1, 0.15) is 16.9 Å². The monoisotopic (exact) mass is 514 g/mol. The van der Waals surface area contributed by atoms with E-state index in [9.17, 15) is 0 Å². The molecule has 6 aromatic rings. The van der Waals surface area contributed by atoms with Crippen molar-refractivity contribution in [3.63, 3.8) is 0 Å². The van der Waals surface area contributed by atoms with E-state index in [0.717, 1.165) is 56.0 Å². The highest BCUT2D eigenvalue weighted by Crippen LogP contribution is 2.67. The van der Waals surface area contributed by atoms with Crippen LogP contribution in [0.3, 0.4) is 0 Å². The Bertz CT molecular complexity index is 1730. The van der Waals surface area contributed by atoms with E-state index >= 15 is 0 Å². The standard InChI is InChI=1S/C38H26O2/c1-5-13-27(14-6-1)29-21-23-33-35(25-29)39-38(32-19-11-4-12-20-32)37(33,31-17-9-3-10-18-31)34-24-22-30(26-36(34)40-38)28-15-7-2-8-16-28/h1-26H. The van der Waals surface area contributed by atoms with Crippen molar-refractivity contribution in [2.75, 3.05) is 0 Å². The van der Waals surface area contributed by atoms with Gasteiger partial charge >= 0.3 is 0 Å². The lowest BCUT2D eigenvalue weighted by Gasteiger charge is -2.38. The third kappa shape index (κ3) is 3.11. The van der Waals surface area contributed by atoms with Gasteiger partial charge in [0.2, 0.25) is 0 Å². The van der Waals surface area contributed by atoms with Gasteiger partial charge in [-0.2, -0.15) is 0 Å². The second-order valence-corrected chi connectivity index (χ2v) is 10.5. The van der Waals surface area contributed by atoms with Crippen LogP contribution in [0, 0.1) is 0 Å². The van der Waals surface area contributed by atoms with E-state index in [1.165, 1.54) is 0 Å². The summed E-state index contributed by atoms with van der Waals surface area (Å²) in [5, 5.41) is 0. The van der Waals surface area contributed by atoms with Gasteiger partial charge in [-0.3, -0.25) is 0 Å². The Kier molecular flexibility index (Phi) is 4.99. The second kappa shape index (κ2) is 8.72. The van der Waals surface area contributed by atoms with E-state index in [-0.39, 0.29) is 0 Å². The Morgan fingerprint density at radius 1 is 0.350 bits per heavy atom. The van der Waals surface area contributed by atoms with Crippen molar-refractivity contribution in [1.29, 1.82) is 0 Å². The largest absolute Gasteiger partial charge is 0.446 e. The van der Waals surface area contributed by atoms with Crippen LogP contribution >= 0.6 is 0 Å². The molecule has 40 heavy (non-hydrogen) atoms. The molecule has 0 aliphatic carbocycles. The summed E-state index contributed by atoms with van der Waals surface area (Å²) in [5.41, 5.74) is 8.16. The van der Waals surface area contributed by atoms with Gasteiger partial charge in [-0.05, 0) is 39.9 Å². The summed E-state index contributed by atoms with van der Waals surface area (Å²) in [6.45, 7) is 0. The molecular weight excluding hydrogens is 488 g/mol. The van der Waals surface area contributed by atoms with Crippen LogP contribution in [0.4, 0.5) is 0 Å². The maximum absolute atomic E-state index is 7.13. The highest BCUT2D eigenvalue weighted by Gasteiger charge is 2.70. The van der Waals surface area contributed by atoms with Crippen molar-refractivity contribution in [2.24, 2.45) is 0 Å². The first kappa shape index (κ1) is 22.9. The molecule has 8 rings (SSSR count). The minimum Gasteiger partial charge on any atom is -0.446 e. The molecule has 0 bridgehead atoms. The Balaban J connectivity index is 1.43. The summed E-state index contributed by atoms with van der Waals surface area (Å²) < 4.78 is 14.3. The van der Waals surface area contributed by atoms with Gasteiger partial charge < -0.3 is 9.47 Å². The summed E-state index contributed by atoms with van der Waals surface area (Å²) in [5.74, 6) is 0.573. The predicted octanol–water partition coefficient (Wildman–Crippen LogP) is 8.99. The molecule has 0 fully saturated rings. The van der Waals surface area contributed by atoms with Gasteiger partial charge in [0.15, 0.2) is 0 Å². The Hall–Kier alpha value is -5.08. The summed E-state index contributed by atoms with van der Waals surface area (Å²) in [7, 11) is 0. The third-order valence-corrected chi connectivity index (χ3v) is 8.35. The summed E-state index contributed by atoms with van der Waals surface area (Å²) in [6.07, 6.45) is 0. The van der Waals surface area contributed by atoms with Crippen molar-refractivity contribution in [2.45, 2.75) is 11.2 Å². The Morgan fingerprint density at radius 3 is 1.20 bits per heavy atom. The SMILES string of the molecule is c1ccc(-c2ccc3c(c2)OC2(c4ccccc4)Oc4cc(-c5ccccc5)ccc4C32c2ccccc2)cc1. The topological polar surface area (TPSA) is 18.5 Å². The molecule has 2 nitrogen and oxygen atoms in total. The number of rotatable bonds is 4. The van der Waals surface area contributed by atoms with E-state index in [1.807, 2.05) is 18.2 Å². The van der Waals surface area contributed by atoms with E-state index in [0.29, 0.717) is 0 Å². The fourth-order valence-electron chi connectivity index (χ4n) is 6.62. The first-order valence-electron chi connectivity index (χ1n) is 13.7. The first-order valence-corrected chi connectivity index (χ1v) is 13.7. The summed E-state index contributed by atoms with van der Waals surface area (Å²) in [4.78, 5) is 0. The van der Waals surface area contributed by atoms with Crippen LogP contribution in [-0.4, -0.2) is 0 Å². The molecule has 2 heterocycles. The van der Waals surface area contributed by atoms with Crippen LogP contribution in [-0.2, 0) is 11.2 Å². The molecule has 190 valence electrons. The van der Waals surface area contributed by atoms with Crippen LogP contribution in [0.15, 0.2) is 158 Å². The van der Waals surface area contributed by atoms with E-state index in [4.69, 9.17) is 9.47 Å². The van der Waals surface area contributed by atoms with Crippen LogP contribution in [0.5, 0.6) is 11.5 Å². The van der Waals surface area contributed by atoms with E-state index < -0.39 is 11.2 Å². The molecule has 2 aliphatic heterocycles. The molecule has 0 atom stereocenters. The van der Waals surface area contributed by atoms with Gasteiger partial charge in [-0.25, -0.2) is 0 Å². The molecule has 0 saturated heterocycles. The second-order valence-electron chi connectivity index (χ2n) is 10.5. The van der Waals surface area contributed by atoms with Gasteiger partial charge in [-0.15, -0.1) is 0 Å². The minimum absolute atomic E-state index is 0.704. The van der Waals surface area contributed by atoms with Gasteiger partial charge in [-0.1, -0.05) is 146 Å². The molecule has 0 unspecified atom stereocenters. The predicted molar refractivity (Wildman–Crippen MR) is 159 cm³/mol. The molecule has 0 amide bonds. The Labute approximate surface area is 234 Å². The molecular formula is C38H26O2. The van der Waals surface area contributed by atoms with Crippen molar-refractivity contribution in [1.82, 2.24) is 0 Å². The highest BCUT2D eigenvalue weighted by atomic mass is 16.7. The smallest absolute Gasteiger partial charge is 0.296 e. The molecule has 2 aliphatic rings. The quantitative estimate of drug-likeness (QED) is 0.234. The van der Waals surface area contributed by atoms with Gasteiger partial charge in [0, 0.05) is 16.7 Å². The maximum atomic E-state index is 7.13. The Morgan fingerprint density at radius 2 is 0.750 bits per heavy atom. The van der Waals surface area contributed by atoms with Crippen molar-refractivity contribution in [3.8, 4) is 33.8 Å². The van der Waals surface area contributed by atoms with Crippen molar-refractivity contribution in [3.05, 3.63) is 180 Å². The molecule has 0 aromatic heterocycles. The zero-order valence-corrected chi connectivity index (χ0v) is 21.8. The van der Waals surface area contributed by atoms with Crippen LogP contribution < -0.4 is 9.47 Å². The van der Waals surface area contributed by atoms with Crippen LogP contribution in [0.1, 0.15) is 22.3 Å². The zero-order valence-electron chi connectivity index (χ0n) is 21.8. The normalized spacial score (nSPS) is 20.1. The lowest BCUT2D eigenvalue weighted by Crippen LogP contribution is -2.50. The lowest BCUT2D eigenvalue weighted by atomic mass is 9.64. The number of hydrogen-bond acceptors (Lipinski definition) is 2. The maximum Gasteiger partial charge on any atom is 0.296 e. The average molecular weight is 515 g/mol. The van der Waals surface area contributed by atoms with E-state index in [2.05, 4.69) is 140 Å². The third-order valence-electron chi connectivity index (χ3n) is 8.35. The molecule has 0 radical (unpaired) electrons. The molecule has 0 spiro atoms. The van der Waals surface area contributed by atoms with Crippen LogP contribution in [0.25, 0.3) is 22.3 Å². The summed E-state index contributed by atoms with van der Waals surface area (Å²) >= 11 is 0. The van der Waals surface area contributed by atoms with Gasteiger partial charge in [0.05, 0.1) is 0 Å². The minimum atomic E-state index is -1.11. The van der Waals surface area contributed by atoms with Crippen LogP contribution in [0.2, 0.25) is 0 Å². The zero-order chi connectivity index (χ0) is 26.6. The number of ether oxygens (including phenoxy) is 2. The fraction of sp³-hybridized carbons (Fsp3) is 0.0526. The van der Waals surface area contributed by atoms with Gasteiger partial charge in [0.25, 0.3) is 5.79 Å². The number of benzene rings is 6.